The first kappa shape index (κ1) is 28.9. The van der Waals surface area contributed by atoms with Crippen LogP contribution in [-0.4, -0.2) is 61.7 Å². The molecule has 1 saturated heterocycles. The minimum atomic E-state index is -3.39. The fourth-order valence-corrected chi connectivity index (χ4v) is 5.87. The van der Waals surface area contributed by atoms with Gasteiger partial charge in [0, 0.05) is 29.4 Å². The summed E-state index contributed by atoms with van der Waals surface area (Å²) >= 11 is 0. The van der Waals surface area contributed by atoms with Crippen LogP contribution in [0.5, 0.6) is 0 Å². The molecule has 218 valence electrons. The molecule has 5 rings (SSSR count). The van der Waals surface area contributed by atoms with E-state index in [1.54, 1.807) is 36.4 Å². The normalized spacial score (nSPS) is 16.7. The second kappa shape index (κ2) is 11.7. The van der Waals surface area contributed by atoms with Gasteiger partial charge in [0.25, 0.3) is 6.43 Å². The van der Waals surface area contributed by atoms with E-state index in [4.69, 9.17) is 0 Å². The molecule has 0 saturated carbocycles. The maximum atomic E-state index is 15.1. The summed E-state index contributed by atoms with van der Waals surface area (Å²) in [5.41, 5.74) is 3.76. The van der Waals surface area contributed by atoms with Crippen molar-refractivity contribution in [3.63, 3.8) is 0 Å². The van der Waals surface area contributed by atoms with Gasteiger partial charge in [-0.1, -0.05) is 30.3 Å². The molecule has 11 heteroatoms. The number of sulfone groups is 1. The smallest absolute Gasteiger partial charge is 0.288 e. The van der Waals surface area contributed by atoms with E-state index in [1.807, 2.05) is 25.1 Å². The zero-order valence-electron chi connectivity index (χ0n) is 23.2. The number of halogens is 3. The Bertz CT molecular complexity index is 1600. The van der Waals surface area contributed by atoms with E-state index in [0.717, 1.165) is 48.0 Å². The van der Waals surface area contributed by atoms with Crippen LogP contribution in [0, 0.1) is 0 Å². The van der Waals surface area contributed by atoms with Gasteiger partial charge in [-0.15, -0.1) is 0 Å². The standard InChI is InChI=1S/C30H34F3N5O2S/c1-19(35-23-11-12-28(34-18-23)41(3,39)40)20-7-9-21(10-8-20)27-17-24-25(36-22-13-15-37(2)16-14-22)5-4-6-26(24)38(27)30(33)29(31)32/h4-12,17-19,22,29-30,35-36H,13-16H2,1-3H3. The highest BCUT2D eigenvalue weighted by Gasteiger charge is 2.27. The number of nitrogens with zero attached hydrogens (tertiary/aromatic N) is 3. The molecule has 1 aliphatic rings. The van der Waals surface area contributed by atoms with E-state index in [-0.39, 0.29) is 17.1 Å². The van der Waals surface area contributed by atoms with Crippen molar-refractivity contribution in [2.24, 2.45) is 0 Å². The minimum absolute atomic E-state index is 0.00453. The molecule has 0 amide bonds. The number of hydrogen-bond donors (Lipinski definition) is 2. The highest BCUT2D eigenvalue weighted by Crippen LogP contribution is 2.38. The molecule has 0 aliphatic carbocycles. The van der Waals surface area contributed by atoms with Crippen LogP contribution in [0.25, 0.3) is 22.2 Å². The molecule has 4 aromatic rings. The average molecular weight is 586 g/mol. The summed E-state index contributed by atoms with van der Waals surface area (Å²) in [4.78, 5) is 6.27. The number of benzene rings is 2. The molecule has 1 aliphatic heterocycles. The second-order valence-corrected chi connectivity index (χ2v) is 12.7. The van der Waals surface area contributed by atoms with Gasteiger partial charge in [-0.3, -0.25) is 0 Å². The lowest BCUT2D eigenvalue weighted by molar-refractivity contribution is 0.0115. The number of pyridine rings is 1. The SMILES string of the molecule is CC(Nc1ccc(S(C)(=O)=O)nc1)c1ccc(-c2cc3c(NC4CCN(C)CC4)cccc3n2C(F)C(F)F)cc1. The fourth-order valence-electron chi connectivity index (χ4n) is 5.31. The number of piperidine rings is 1. The first-order chi connectivity index (χ1) is 19.5. The first-order valence-electron chi connectivity index (χ1n) is 13.6. The lowest BCUT2D eigenvalue weighted by Gasteiger charge is -2.30. The summed E-state index contributed by atoms with van der Waals surface area (Å²) in [6.45, 7) is 3.88. The zero-order valence-corrected chi connectivity index (χ0v) is 24.0. The molecule has 41 heavy (non-hydrogen) atoms. The molecular weight excluding hydrogens is 551 g/mol. The highest BCUT2D eigenvalue weighted by molar-refractivity contribution is 7.90. The highest BCUT2D eigenvalue weighted by atomic mass is 32.2. The minimum Gasteiger partial charge on any atom is -0.382 e. The third-order valence-corrected chi connectivity index (χ3v) is 8.62. The Hall–Kier alpha value is -3.57. The van der Waals surface area contributed by atoms with Crippen molar-refractivity contribution in [1.82, 2.24) is 14.5 Å². The molecule has 2 aromatic carbocycles. The molecule has 0 bridgehead atoms. The Balaban J connectivity index is 1.43. The quantitative estimate of drug-likeness (QED) is 0.233. The molecular formula is C30H34F3N5O2S. The summed E-state index contributed by atoms with van der Waals surface area (Å²) in [6.07, 6.45) is -1.18. The molecule has 2 N–H and O–H groups in total. The zero-order chi connectivity index (χ0) is 29.3. The Labute approximate surface area is 238 Å². The number of fused-ring (bicyclic) bond motifs is 1. The topological polar surface area (TPSA) is 79.3 Å². The maximum absolute atomic E-state index is 15.1. The molecule has 1 fully saturated rings. The fraction of sp³-hybridized carbons (Fsp3) is 0.367. The van der Waals surface area contributed by atoms with Crippen LogP contribution in [0.4, 0.5) is 24.5 Å². The lowest BCUT2D eigenvalue weighted by Crippen LogP contribution is -2.36. The van der Waals surface area contributed by atoms with Gasteiger partial charge in [-0.2, -0.15) is 0 Å². The number of hydrogen-bond acceptors (Lipinski definition) is 6. The molecule has 0 spiro atoms. The number of rotatable bonds is 9. The van der Waals surface area contributed by atoms with Crippen LogP contribution in [0.2, 0.25) is 0 Å². The van der Waals surface area contributed by atoms with Crippen molar-refractivity contribution >= 4 is 32.1 Å². The van der Waals surface area contributed by atoms with Gasteiger partial charge in [0.1, 0.15) is 0 Å². The molecule has 2 atom stereocenters. The van der Waals surface area contributed by atoms with Gasteiger partial charge in [0.15, 0.2) is 14.9 Å². The second-order valence-electron chi connectivity index (χ2n) is 10.7. The Morgan fingerprint density at radius 2 is 1.71 bits per heavy atom. The summed E-state index contributed by atoms with van der Waals surface area (Å²) < 4.78 is 67.0. The van der Waals surface area contributed by atoms with Crippen molar-refractivity contribution in [1.29, 1.82) is 0 Å². The van der Waals surface area contributed by atoms with Gasteiger partial charge >= 0.3 is 0 Å². The average Bonchev–Trinajstić information content (AvgIpc) is 3.34. The van der Waals surface area contributed by atoms with Crippen LogP contribution < -0.4 is 10.6 Å². The van der Waals surface area contributed by atoms with E-state index in [9.17, 15) is 17.2 Å². The van der Waals surface area contributed by atoms with Gasteiger partial charge in [0.2, 0.25) is 6.30 Å². The monoisotopic (exact) mass is 585 g/mol. The molecule has 3 heterocycles. The number of alkyl halides is 3. The van der Waals surface area contributed by atoms with Crippen LogP contribution in [-0.2, 0) is 9.84 Å². The summed E-state index contributed by atoms with van der Waals surface area (Å²) in [6, 6.07) is 17.6. The van der Waals surface area contributed by atoms with Crippen LogP contribution in [0.1, 0.15) is 37.7 Å². The van der Waals surface area contributed by atoms with E-state index >= 15 is 4.39 Å². The predicted octanol–water partition coefficient (Wildman–Crippen LogP) is 6.52. The van der Waals surface area contributed by atoms with Crippen molar-refractivity contribution in [3.8, 4) is 11.3 Å². The van der Waals surface area contributed by atoms with Gasteiger partial charge in [-0.25, -0.2) is 26.6 Å². The number of nitrogens with one attached hydrogen (secondary N) is 2. The summed E-state index contributed by atoms with van der Waals surface area (Å²) in [7, 11) is -1.30. The van der Waals surface area contributed by atoms with Crippen molar-refractivity contribution in [2.45, 2.75) is 49.6 Å². The first-order valence-corrected chi connectivity index (χ1v) is 15.4. The summed E-state index contributed by atoms with van der Waals surface area (Å²) in [5.74, 6) is 0. The number of anilines is 2. The van der Waals surface area contributed by atoms with E-state index in [1.165, 1.54) is 12.3 Å². The van der Waals surface area contributed by atoms with Gasteiger partial charge in [0.05, 0.1) is 23.1 Å². The van der Waals surface area contributed by atoms with E-state index in [2.05, 4.69) is 27.6 Å². The van der Waals surface area contributed by atoms with Gasteiger partial charge < -0.3 is 20.1 Å². The van der Waals surface area contributed by atoms with Crippen molar-refractivity contribution in [3.05, 3.63) is 72.4 Å². The third-order valence-electron chi connectivity index (χ3n) is 7.62. The summed E-state index contributed by atoms with van der Waals surface area (Å²) in [5, 5.41) is 7.54. The Morgan fingerprint density at radius 3 is 2.32 bits per heavy atom. The van der Waals surface area contributed by atoms with Crippen molar-refractivity contribution < 1.29 is 21.6 Å². The third kappa shape index (κ3) is 6.36. The Morgan fingerprint density at radius 1 is 1.00 bits per heavy atom. The molecule has 0 radical (unpaired) electrons. The Kier molecular flexibility index (Phi) is 8.28. The maximum Gasteiger partial charge on any atom is 0.288 e. The number of likely N-dealkylation sites (tertiary alicyclic amines) is 1. The van der Waals surface area contributed by atoms with Crippen LogP contribution >= 0.6 is 0 Å². The largest absolute Gasteiger partial charge is 0.382 e. The van der Waals surface area contributed by atoms with Gasteiger partial charge in [-0.05, 0) is 81.4 Å². The lowest BCUT2D eigenvalue weighted by atomic mass is 10.0. The number of aromatic nitrogens is 2. The molecule has 2 aromatic heterocycles. The predicted molar refractivity (Wildman–Crippen MR) is 157 cm³/mol. The van der Waals surface area contributed by atoms with Crippen molar-refractivity contribution in [2.75, 3.05) is 37.0 Å². The molecule has 2 unspecified atom stereocenters. The van der Waals surface area contributed by atoms with Crippen LogP contribution in [0.3, 0.4) is 0 Å². The molecule has 7 nitrogen and oxygen atoms in total. The van der Waals surface area contributed by atoms with Crippen LogP contribution in [0.15, 0.2) is 71.9 Å². The van der Waals surface area contributed by atoms with E-state index < -0.39 is 22.6 Å². The van der Waals surface area contributed by atoms with E-state index in [0.29, 0.717) is 27.8 Å².